The van der Waals surface area contributed by atoms with Gasteiger partial charge in [0.2, 0.25) is 5.96 Å². The third kappa shape index (κ3) is 6.68. The number of amides is 3. The van der Waals surface area contributed by atoms with Crippen molar-refractivity contribution in [1.29, 1.82) is 10.8 Å². The summed E-state index contributed by atoms with van der Waals surface area (Å²) < 4.78 is 0. The van der Waals surface area contributed by atoms with Crippen LogP contribution in [0, 0.1) is 16.9 Å². The molecule has 0 bridgehead atoms. The largest absolute Gasteiger partial charge is 0.366 e. The average Bonchev–Trinajstić information content (AvgIpc) is 2.96. The molecule has 0 aromatic heterocycles. The summed E-state index contributed by atoms with van der Waals surface area (Å²) in [5.74, 6) is -0.465. The van der Waals surface area contributed by atoms with Crippen LogP contribution in [0.2, 0.25) is 0 Å². The second-order valence-electron chi connectivity index (χ2n) is 9.22. The molecule has 1 fully saturated rings. The van der Waals surface area contributed by atoms with E-state index in [-0.39, 0.29) is 12.6 Å². The topological polar surface area (TPSA) is 148 Å². The van der Waals surface area contributed by atoms with Crippen LogP contribution in [0.5, 0.6) is 0 Å². The minimum absolute atomic E-state index is 0.245. The number of urea groups is 1. The number of nitrogens with zero attached hydrogens (tertiary/aromatic N) is 4. The number of nitrogens with one attached hydrogen (secondary N) is 2. The van der Waals surface area contributed by atoms with Crippen molar-refractivity contribution in [3.63, 3.8) is 0 Å². The summed E-state index contributed by atoms with van der Waals surface area (Å²) in [6.45, 7) is 0.245. The molecule has 0 saturated heterocycles. The minimum atomic E-state index is -0.602. The van der Waals surface area contributed by atoms with Crippen molar-refractivity contribution in [2.75, 3.05) is 10.2 Å². The molecule has 4 rings (SSSR count). The monoisotopic (exact) mass is 507 g/mol. The molecule has 9 heteroatoms. The summed E-state index contributed by atoms with van der Waals surface area (Å²) in [6.07, 6.45) is 6.16. The van der Waals surface area contributed by atoms with Gasteiger partial charge in [-0.15, -0.1) is 5.11 Å². The molecule has 0 aliphatic heterocycles. The molecule has 3 aromatic rings. The first-order chi connectivity index (χ1) is 18.5. The van der Waals surface area contributed by atoms with Gasteiger partial charge >= 0.3 is 6.03 Å². The lowest BCUT2D eigenvalue weighted by molar-refractivity contribution is 0.100. The molecule has 3 amide bonds. The zero-order valence-electron chi connectivity index (χ0n) is 20.9. The maximum Gasteiger partial charge on any atom is 0.326 e. The van der Waals surface area contributed by atoms with Crippen molar-refractivity contribution < 1.29 is 9.59 Å². The number of benzene rings is 3. The number of carbonyl (C=O) groups excluding carboxylic acids is 2. The van der Waals surface area contributed by atoms with Gasteiger partial charge in [0.1, 0.15) is 0 Å². The standard InChI is InChI=1S/C29H29N7O2/c30-18-21-5-4-8-25(17-21)33-29(38)36(26-15-13-23(14-16-26)22-6-2-1-3-7-22)19-20-9-11-24(12-10-20)27(37)34-28(31)35-32/h4-5,8-17,22,32H,1-3,6-7,19H2,(H,33,38)(H2,31,34,37). The van der Waals surface area contributed by atoms with Gasteiger partial charge in [0.25, 0.3) is 5.91 Å². The van der Waals surface area contributed by atoms with Gasteiger partial charge in [0.05, 0.1) is 18.2 Å². The molecular formula is C29H29N7O2. The van der Waals surface area contributed by atoms with Crippen LogP contribution in [-0.4, -0.2) is 17.9 Å². The summed E-state index contributed by atoms with van der Waals surface area (Å²) in [4.78, 5) is 30.8. The number of aliphatic imine (C=N–C) groups is 1. The molecule has 1 saturated carbocycles. The van der Waals surface area contributed by atoms with Gasteiger partial charge < -0.3 is 11.1 Å². The van der Waals surface area contributed by atoms with E-state index < -0.39 is 11.9 Å². The van der Waals surface area contributed by atoms with Crippen molar-refractivity contribution in [1.82, 2.24) is 0 Å². The van der Waals surface area contributed by atoms with Crippen LogP contribution in [0.3, 0.4) is 0 Å². The van der Waals surface area contributed by atoms with Crippen LogP contribution in [-0.2, 0) is 6.54 Å². The first kappa shape index (κ1) is 26.2. The normalized spacial score (nSPS) is 13.8. The maximum absolute atomic E-state index is 13.5. The summed E-state index contributed by atoms with van der Waals surface area (Å²) in [7, 11) is 0. The molecule has 192 valence electrons. The zero-order chi connectivity index (χ0) is 26.9. The Labute approximate surface area is 221 Å². The average molecular weight is 508 g/mol. The predicted molar refractivity (Wildman–Crippen MR) is 146 cm³/mol. The van der Waals surface area contributed by atoms with Gasteiger partial charge in [0.15, 0.2) is 0 Å². The van der Waals surface area contributed by atoms with Gasteiger partial charge in [-0.25, -0.2) is 10.3 Å². The molecule has 0 atom stereocenters. The highest BCUT2D eigenvalue weighted by atomic mass is 16.2. The number of hydrogen-bond donors (Lipinski definition) is 3. The van der Waals surface area contributed by atoms with Gasteiger partial charge in [-0.1, -0.05) is 49.6 Å². The van der Waals surface area contributed by atoms with Crippen molar-refractivity contribution in [2.45, 2.75) is 44.6 Å². The van der Waals surface area contributed by atoms with E-state index in [0.717, 1.165) is 11.3 Å². The fourth-order valence-corrected chi connectivity index (χ4v) is 4.63. The van der Waals surface area contributed by atoms with Crippen molar-refractivity contribution in [3.8, 4) is 6.07 Å². The number of rotatable bonds is 6. The van der Waals surface area contributed by atoms with E-state index >= 15 is 0 Å². The molecule has 0 heterocycles. The van der Waals surface area contributed by atoms with E-state index in [1.54, 1.807) is 53.4 Å². The number of nitrogens with two attached hydrogens (primary N) is 1. The van der Waals surface area contributed by atoms with Crippen LogP contribution in [0.25, 0.3) is 0 Å². The highest BCUT2D eigenvalue weighted by molar-refractivity contribution is 6.03. The molecule has 4 N–H and O–H groups in total. The Bertz CT molecular complexity index is 1370. The highest BCUT2D eigenvalue weighted by Crippen LogP contribution is 2.33. The third-order valence-electron chi connectivity index (χ3n) is 6.64. The Morgan fingerprint density at radius 3 is 2.39 bits per heavy atom. The molecule has 9 nitrogen and oxygen atoms in total. The van der Waals surface area contributed by atoms with Gasteiger partial charge in [-0.2, -0.15) is 10.3 Å². The second-order valence-corrected chi connectivity index (χ2v) is 9.22. The van der Waals surface area contributed by atoms with E-state index in [9.17, 15) is 14.9 Å². The Hall–Kier alpha value is -4.84. The number of guanidine groups is 1. The summed E-state index contributed by atoms with van der Waals surface area (Å²) in [5.41, 5.74) is 16.3. The Morgan fingerprint density at radius 1 is 1.03 bits per heavy atom. The molecule has 0 spiro atoms. The summed E-state index contributed by atoms with van der Waals surface area (Å²) in [6, 6.07) is 23.3. The van der Waals surface area contributed by atoms with E-state index in [0.29, 0.717) is 22.7 Å². The SMILES string of the molecule is N#Cc1cccc(NC(=O)N(Cc2ccc(C(=O)N=C(N)N=N)cc2)c2ccc(C3CCCCC3)cc2)c1. The molecular weight excluding hydrogens is 478 g/mol. The van der Waals surface area contributed by atoms with Gasteiger partial charge in [-0.05, 0) is 72.4 Å². The first-order valence-electron chi connectivity index (χ1n) is 12.5. The predicted octanol–water partition coefficient (Wildman–Crippen LogP) is 6.33. The minimum Gasteiger partial charge on any atom is -0.366 e. The van der Waals surface area contributed by atoms with Crippen molar-refractivity contribution in [3.05, 3.63) is 95.1 Å². The lowest BCUT2D eigenvalue weighted by Crippen LogP contribution is -2.34. The number of carbonyl (C=O) groups is 2. The Morgan fingerprint density at radius 2 is 1.74 bits per heavy atom. The van der Waals surface area contributed by atoms with E-state index in [4.69, 9.17) is 11.3 Å². The second kappa shape index (κ2) is 12.4. The summed E-state index contributed by atoms with van der Waals surface area (Å²) in [5, 5.41) is 15.0. The van der Waals surface area contributed by atoms with Gasteiger partial charge in [-0.3, -0.25) is 9.69 Å². The van der Waals surface area contributed by atoms with Gasteiger partial charge in [0, 0.05) is 16.9 Å². The van der Waals surface area contributed by atoms with Crippen LogP contribution in [0.4, 0.5) is 16.2 Å². The highest BCUT2D eigenvalue weighted by Gasteiger charge is 2.20. The first-order valence-corrected chi connectivity index (χ1v) is 12.5. The molecule has 38 heavy (non-hydrogen) atoms. The van der Waals surface area contributed by atoms with E-state index in [2.05, 4.69) is 33.6 Å². The Balaban J connectivity index is 1.58. The molecule has 1 aliphatic carbocycles. The van der Waals surface area contributed by atoms with Crippen LogP contribution in [0.15, 0.2) is 82.9 Å². The quantitative estimate of drug-likeness (QED) is 0.203. The van der Waals surface area contributed by atoms with E-state index in [1.807, 2.05) is 12.1 Å². The van der Waals surface area contributed by atoms with Crippen LogP contribution < -0.4 is 16.0 Å². The molecule has 0 radical (unpaired) electrons. The van der Waals surface area contributed by atoms with Crippen LogP contribution >= 0.6 is 0 Å². The smallest absolute Gasteiger partial charge is 0.326 e. The number of hydrogen-bond acceptors (Lipinski definition) is 4. The lowest BCUT2D eigenvalue weighted by Gasteiger charge is -2.26. The maximum atomic E-state index is 13.5. The Kier molecular flexibility index (Phi) is 8.57. The number of anilines is 2. The molecule has 1 aliphatic rings. The number of nitriles is 1. The van der Waals surface area contributed by atoms with Crippen molar-refractivity contribution >= 4 is 29.3 Å². The zero-order valence-corrected chi connectivity index (χ0v) is 20.9. The van der Waals surface area contributed by atoms with Crippen LogP contribution in [0.1, 0.15) is 65.1 Å². The van der Waals surface area contributed by atoms with E-state index in [1.165, 1.54) is 37.7 Å². The fraction of sp³-hybridized carbons (Fsp3) is 0.241. The lowest BCUT2D eigenvalue weighted by atomic mass is 9.84. The van der Waals surface area contributed by atoms with Crippen molar-refractivity contribution in [2.24, 2.45) is 15.8 Å². The molecule has 3 aromatic carbocycles. The molecule has 0 unspecified atom stereocenters. The third-order valence-corrected chi connectivity index (χ3v) is 6.64. The summed E-state index contributed by atoms with van der Waals surface area (Å²) >= 11 is 0. The fourth-order valence-electron chi connectivity index (χ4n) is 4.63.